The van der Waals surface area contributed by atoms with Gasteiger partial charge in [-0.3, -0.25) is 0 Å². The Labute approximate surface area is 62.0 Å². The maximum Gasteiger partial charge on any atom is 0 e. The quantitative estimate of drug-likeness (QED) is 0.349. The third kappa shape index (κ3) is 228. The van der Waals surface area contributed by atoms with Crippen molar-refractivity contribution in [1.82, 2.24) is 0 Å². The largest absolute Gasteiger partial charge is 0.412 e. The van der Waals surface area contributed by atoms with Gasteiger partial charge in [0.25, 0.3) is 0 Å². The van der Waals surface area contributed by atoms with Gasteiger partial charge in [0.1, 0.15) is 0 Å². The predicted molar refractivity (Wildman–Crippen MR) is 18.1 cm³/mol. The Morgan fingerprint density at radius 3 is 0.286 bits per heavy atom. The van der Waals surface area contributed by atoms with E-state index in [4.69, 9.17) is 0 Å². The van der Waals surface area contributed by atoms with Gasteiger partial charge in [-0.15, -0.1) is 0 Å². The van der Waals surface area contributed by atoms with Gasteiger partial charge in [-0.05, 0) is 0 Å². The minimum atomic E-state index is 0. The molecule has 0 amide bonds. The van der Waals surface area contributed by atoms with Crippen LogP contribution in [0.3, 0.4) is 0 Å². The minimum absolute atomic E-state index is 0. The van der Waals surface area contributed by atoms with Crippen LogP contribution in [0.4, 0.5) is 0 Å². The molecule has 7 heavy (non-hydrogen) atoms. The summed E-state index contributed by atoms with van der Waals surface area (Å²) in [6, 6.07) is 0. The first-order valence-corrected chi connectivity index (χ1v) is 0. The number of hydrogen-bond donors (Lipinski definition) is 0. The van der Waals surface area contributed by atoms with Crippen LogP contribution in [0, 0.1) is 0 Å². The van der Waals surface area contributed by atoms with Gasteiger partial charge >= 0.3 is 0 Å². The molecule has 0 spiro atoms. The van der Waals surface area contributed by atoms with E-state index in [9.17, 15) is 0 Å². The van der Waals surface area contributed by atoms with Crippen molar-refractivity contribution in [2.45, 2.75) is 0 Å². The first kappa shape index (κ1) is 521. The molecule has 0 aliphatic carbocycles. The Bertz CT molecular complexity index is 6.04. The molecule has 0 aromatic rings. The van der Waals surface area contributed by atoms with Gasteiger partial charge in [-0.2, -0.15) is 0 Å². The van der Waals surface area contributed by atoms with Crippen molar-refractivity contribution in [1.29, 1.82) is 0 Å². The van der Waals surface area contributed by atoms with Crippen molar-refractivity contribution >= 4 is 0 Å². The fourth-order valence-electron chi connectivity index (χ4n) is 0. The summed E-state index contributed by atoms with van der Waals surface area (Å²) in [4.78, 5) is 0. The third-order valence-electron chi connectivity index (χ3n) is 0. The van der Waals surface area contributed by atoms with Crippen molar-refractivity contribution in [2.24, 2.45) is 0 Å². The minimum Gasteiger partial charge on any atom is -0.412 e. The second-order valence-electron chi connectivity index (χ2n) is 0. The average molecular weight is 202 g/mol. The normalized spacial score (nSPS) is 0. The zero-order chi connectivity index (χ0) is 0. The Balaban J connectivity index is 0. The SMILES string of the molecule is O.O.O.O.O.[Fe].[Fe]. The fraction of sp³-hybridized carbons (Fsp3) is 0. The van der Waals surface area contributed by atoms with E-state index < -0.39 is 0 Å². The molecule has 0 rings (SSSR count). The summed E-state index contributed by atoms with van der Waals surface area (Å²) in [6.45, 7) is 0. The molecular formula is H10Fe2O5. The zero-order valence-electron chi connectivity index (χ0n) is 3.21. The van der Waals surface area contributed by atoms with Gasteiger partial charge < -0.3 is 27.4 Å². The first-order valence-electron chi connectivity index (χ1n) is 0. The summed E-state index contributed by atoms with van der Waals surface area (Å²) in [5.41, 5.74) is 0. The Morgan fingerprint density at radius 2 is 0.286 bits per heavy atom. The van der Waals surface area contributed by atoms with E-state index in [1.807, 2.05) is 0 Å². The smallest absolute Gasteiger partial charge is 0 e. The zero-order valence-corrected chi connectivity index (χ0v) is 5.42. The Hall–Kier alpha value is 0.839. The van der Waals surface area contributed by atoms with Crippen LogP contribution in [0.2, 0.25) is 0 Å². The van der Waals surface area contributed by atoms with Gasteiger partial charge in [0.15, 0.2) is 0 Å². The molecular weight excluding hydrogens is 192 g/mol. The topological polar surface area (TPSA) is 158 Å². The van der Waals surface area contributed by atoms with Crippen LogP contribution in [0.5, 0.6) is 0 Å². The van der Waals surface area contributed by atoms with Crippen LogP contribution >= 0.6 is 0 Å². The van der Waals surface area contributed by atoms with E-state index in [2.05, 4.69) is 0 Å². The number of hydrogen-bond acceptors (Lipinski definition) is 0. The second-order valence-corrected chi connectivity index (χ2v) is 0. The monoisotopic (exact) mass is 202 g/mol. The van der Waals surface area contributed by atoms with Gasteiger partial charge in [0.2, 0.25) is 0 Å². The molecule has 0 saturated heterocycles. The van der Waals surface area contributed by atoms with Gasteiger partial charge in [0.05, 0.1) is 0 Å². The van der Waals surface area contributed by atoms with Crippen LogP contribution in [-0.2, 0) is 34.1 Å². The maximum atomic E-state index is 0. The maximum absolute atomic E-state index is 0. The van der Waals surface area contributed by atoms with E-state index in [1.54, 1.807) is 0 Å². The van der Waals surface area contributed by atoms with Crippen molar-refractivity contribution in [2.75, 3.05) is 0 Å². The number of rotatable bonds is 0. The van der Waals surface area contributed by atoms with Crippen molar-refractivity contribution in [3.63, 3.8) is 0 Å². The first-order chi connectivity index (χ1) is 0. The van der Waals surface area contributed by atoms with E-state index in [0.29, 0.717) is 0 Å². The molecule has 7 heteroatoms. The molecule has 0 bridgehead atoms. The molecule has 0 atom stereocenters. The molecule has 0 aliphatic rings. The van der Waals surface area contributed by atoms with Crippen molar-refractivity contribution in [3.8, 4) is 0 Å². The molecule has 0 aromatic heterocycles. The average Bonchev–Trinajstić information content (AvgIpc) is 0. The Kier molecular flexibility index (Phi) is 24700. The van der Waals surface area contributed by atoms with Crippen LogP contribution in [-0.4, -0.2) is 27.4 Å². The summed E-state index contributed by atoms with van der Waals surface area (Å²) < 4.78 is 0. The summed E-state index contributed by atoms with van der Waals surface area (Å²) in [7, 11) is 0. The van der Waals surface area contributed by atoms with Crippen molar-refractivity contribution in [3.05, 3.63) is 0 Å². The molecule has 0 aliphatic heterocycles. The molecule has 0 radical (unpaired) electrons. The molecule has 56 valence electrons. The second kappa shape index (κ2) is 331. The van der Waals surface area contributed by atoms with Gasteiger partial charge in [0, 0.05) is 34.1 Å². The van der Waals surface area contributed by atoms with E-state index >= 15 is 0 Å². The molecule has 0 fully saturated rings. The van der Waals surface area contributed by atoms with Gasteiger partial charge in [-0.1, -0.05) is 0 Å². The van der Waals surface area contributed by atoms with E-state index in [-0.39, 0.29) is 61.5 Å². The summed E-state index contributed by atoms with van der Waals surface area (Å²) in [5, 5.41) is 0. The molecule has 0 unspecified atom stereocenters. The molecule has 0 saturated carbocycles. The van der Waals surface area contributed by atoms with Crippen LogP contribution < -0.4 is 0 Å². The summed E-state index contributed by atoms with van der Waals surface area (Å²) in [5.74, 6) is 0. The van der Waals surface area contributed by atoms with Crippen LogP contribution in [0.15, 0.2) is 0 Å². The van der Waals surface area contributed by atoms with Crippen LogP contribution in [0.25, 0.3) is 0 Å². The molecule has 10 N–H and O–H groups in total. The molecule has 5 nitrogen and oxygen atoms in total. The predicted octanol–water partition coefficient (Wildman–Crippen LogP) is -4.13. The summed E-state index contributed by atoms with van der Waals surface area (Å²) in [6.07, 6.45) is 0. The van der Waals surface area contributed by atoms with Crippen molar-refractivity contribution < 1.29 is 61.5 Å². The van der Waals surface area contributed by atoms with Crippen LogP contribution in [0.1, 0.15) is 0 Å². The third-order valence-corrected chi connectivity index (χ3v) is 0. The van der Waals surface area contributed by atoms with E-state index in [0.717, 1.165) is 0 Å². The fourth-order valence-corrected chi connectivity index (χ4v) is 0. The standard InChI is InChI=1S/2Fe.5H2O/h;;5*1H2. The van der Waals surface area contributed by atoms with E-state index in [1.165, 1.54) is 0 Å². The molecule has 0 heterocycles. The molecule has 0 aromatic carbocycles. The van der Waals surface area contributed by atoms with Gasteiger partial charge in [-0.25, -0.2) is 0 Å². The Morgan fingerprint density at radius 1 is 0.286 bits per heavy atom. The summed E-state index contributed by atoms with van der Waals surface area (Å²) >= 11 is 0.